The maximum absolute atomic E-state index is 5.73. The Morgan fingerprint density at radius 1 is 1.17 bits per heavy atom. The second-order valence-corrected chi connectivity index (χ2v) is 5.40. The molecule has 2 aliphatic heterocycles. The monoisotopic (exact) mass is 266 g/mol. The number of hydrogen-bond acceptors (Lipinski definition) is 4. The maximum atomic E-state index is 5.73. The molecule has 0 saturated carbocycles. The number of piperazine rings is 1. The van der Waals surface area contributed by atoms with Gasteiger partial charge >= 0.3 is 0 Å². The predicted molar refractivity (Wildman–Crippen MR) is 73.0 cm³/mol. The molecule has 0 amide bonds. The van der Waals surface area contributed by atoms with Crippen LogP contribution >= 0.6 is 11.6 Å². The van der Waals surface area contributed by atoms with E-state index >= 15 is 0 Å². The number of nitrogens with zero attached hydrogens (tertiary/aromatic N) is 4. The summed E-state index contributed by atoms with van der Waals surface area (Å²) in [6, 6.07) is 0.710. The molecule has 4 nitrogen and oxygen atoms in total. The Balaban J connectivity index is 1.69. The van der Waals surface area contributed by atoms with Gasteiger partial charge in [-0.05, 0) is 19.4 Å². The number of fused-ring (bicyclic) bond motifs is 1. The minimum atomic E-state index is 0.434. The molecule has 1 aromatic rings. The van der Waals surface area contributed by atoms with Crippen molar-refractivity contribution in [3.63, 3.8) is 0 Å². The Hall–Kier alpha value is -0.870. The van der Waals surface area contributed by atoms with Crippen LogP contribution in [0.1, 0.15) is 25.0 Å². The fourth-order valence-electron chi connectivity index (χ4n) is 2.94. The molecule has 1 unspecified atom stereocenters. The highest BCUT2D eigenvalue weighted by molar-refractivity contribution is 6.16. The number of alkyl halides is 1. The normalized spacial score (nSPS) is 24.9. The van der Waals surface area contributed by atoms with Crippen molar-refractivity contribution < 1.29 is 0 Å². The molecule has 3 heterocycles. The van der Waals surface area contributed by atoms with Crippen molar-refractivity contribution in [2.75, 3.05) is 31.1 Å². The van der Waals surface area contributed by atoms with Gasteiger partial charge < -0.3 is 4.90 Å². The molecule has 0 aromatic carbocycles. The molecule has 0 N–H and O–H groups in total. The molecule has 0 radical (unpaired) electrons. The Kier molecular flexibility index (Phi) is 3.66. The van der Waals surface area contributed by atoms with Gasteiger partial charge in [-0.2, -0.15) is 0 Å². The fraction of sp³-hybridized carbons (Fsp3) is 0.692. The molecular weight excluding hydrogens is 248 g/mol. The fourth-order valence-corrected chi connectivity index (χ4v) is 3.08. The Morgan fingerprint density at radius 2 is 2.11 bits per heavy atom. The van der Waals surface area contributed by atoms with Crippen LogP contribution in [0.4, 0.5) is 5.82 Å². The number of hydrogen-bond donors (Lipinski definition) is 0. The largest absolute Gasteiger partial charge is 0.352 e. The zero-order valence-corrected chi connectivity index (χ0v) is 11.3. The molecular formula is C13H19ClN4. The van der Waals surface area contributed by atoms with Gasteiger partial charge in [-0.3, -0.25) is 9.88 Å². The van der Waals surface area contributed by atoms with Crippen molar-refractivity contribution in [3.8, 4) is 0 Å². The highest BCUT2D eigenvalue weighted by atomic mass is 35.5. The van der Waals surface area contributed by atoms with Crippen LogP contribution in [0, 0.1) is 0 Å². The van der Waals surface area contributed by atoms with Crippen molar-refractivity contribution in [2.24, 2.45) is 0 Å². The van der Waals surface area contributed by atoms with Crippen molar-refractivity contribution in [3.05, 3.63) is 18.1 Å². The van der Waals surface area contributed by atoms with E-state index in [0.29, 0.717) is 11.9 Å². The summed E-state index contributed by atoms with van der Waals surface area (Å²) in [5.41, 5.74) is 0.844. The topological polar surface area (TPSA) is 32.3 Å². The summed E-state index contributed by atoms with van der Waals surface area (Å²) in [5, 5.41) is 0. The molecule has 2 fully saturated rings. The summed E-state index contributed by atoms with van der Waals surface area (Å²) in [6.07, 6.45) is 7.70. The first kappa shape index (κ1) is 12.2. The van der Waals surface area contributed by atoms with Crippen molar-refractivity contribution >= 4 is 17.4 Å². The van der Waals surface area contributed by atoms with Gasteiger partial charge in [0.25, 0.3) is 0 Å². The smallest absolute Gasteiger partial charge is 0.147 e. The van der Waals surface area contributed by atoms with E-state index in [2.05, 4.69) is 19.8 Å². The second-order valence-electron chi connectivity index (χ2n) is 5.13. The number of anilines is 1. The average Bonchev–Trinajstić information content (AvgIpc) is 2.47. The zero-order valence-electron chi connectivity index (χ0n) is 10.6. The van der Waals surface area contributed by atoms with Gasteiger partial charge in [0.2, 0.25) is 0 Å². The van der Waals surface area contributed by atoms with E-state index in [0.717, 1.165) is 31.1 Å². The van der Waals surface area contributed by atoms with Gasteiger partial charge in [0.1, 0.15) is 5.82 Å². The van der Waals surface area contributed by atoms with Crippen molar-refractivity contribution in [1.29, 1.82) is 0 Å². The second kappa shape index (κ2) is 5.41. The molecule has 0 aliphatic carbocycles. The average molecular weight is 267 g/mol. The van der Waals surface area contributed by atoms with E-state index in [4.69, 9.17) is 11.6 Å². The van der Waals surface area contributed by atoms with Crippen LogP contribution < -0.4 is 4.90 Å². The molecule has 1 aromatic heterocycles. The van der Waals surface area contributed by atoms with Crippen LogP contribution in [0.15, 0.2) is 12.4 Å². The van der Waals surface area contributed by atoms with Gasteiger partial charge in [0, 0.05) is 25.7 Å². The quantitative estimate of drug-likeness (QED) is 0.766. The first-order valence-electron chi connectivity index (χ1n) is 6.72. The zero-order chi connectivity index (χ0) is 12.4. The minimum Gasteiger partial charge on any atom is -0.352 e. The molecule has 1 atom stereocenters. The SMILES string of the molecule is ClCc1cnc(N2CCN3CCCCC3C2)cn1. The molecule has 2 saturated heterocycles. The van der Waals surface area contributed by atoms with E-state index in [9.17, 15) is 0 Å². The van der Waals surface area contributed by atoms with Crippen LogP contribution in [0.5, 0.6) is 0 Å². The maximum Gasteiger partial charge on any atom is 0.147 e. The van der Waals surface area contributed by atoms with Crippen LogP contribution in [-0.4, -0.2) is 47.1 Å². The lowest BCUT2D eigenvalue weighted by Gasteiger charge is -2.44. The summed E-state index contributed by atoms with van der Waals surface area (Å²) in [7, 11) is 0. The lowest BCUT2D eigenvalue weighted by atomic mass is 9.99. The number of rotatable bonds is 2. The van der Waals surface area contributed by atoms with Crippen molar-refractivity contribution in [1.82, 2.24) is 14.9 Å². The van der Waals surface area contributed by atoms with E-state index in [1.54, 1.807) is 6.20 Å². The van der Waals surface area contributed by atoms with Crippen LogP contribution in [-0.2, 0) is 5.88 Å². The van der Waals surface area contributed by atoms with Crippen LogP contribution in [0.3, 0.4) is 0 Å². The molecule has 18 heavy (non-hydrogen) atoms. The van der Waals surface area contributed by atoms with Gasteiger partial charge in [0.05, 0.1) is 24.0 Å². The van der Waals surface area contributed by atoms with Gasteiger partial charge in [-0.15, -0.1) is 11.6 Å². The third kappa shape index (κ3) is 2.45. The van der Waals surface area contributed by atoms with Gasteiger partial charge in [-0.25, -0.2) is 4.98 Å². The molecule has 2 aliphatic rings. The highest BCUT2D eigenvalue weighted by Crippen LogP contribution is 2.23. The lowest BCUT2D eigenvalue weighted by Crippen LogP contribution is -2.55. The first-order chi connectivity index (χ1) is 8.86. The number of halogens is 1. The third-order valence-electron chi connectivity index (χ3n) is 3.99. The van der Waals surface area contributed by atoms with Gasteiger partial charge in [-0.1, -0.05) is 6.42 Å². The Bertz CT molecular complexity index is 394. The summed E-state index contributed by atoms with van der Waals surface area (Å²) in [6.45, 7) is 4.58. The molecule has 3 rings (SSSR count). The summed E-state index contributed by atoms with van der Waals surface area (Å²) in [4.78, 5) is 13.8. The Morgan fingerprint density at radius 3 is 2.89 bits per heavy atom. The predicted octanol–water partition coefficient (Wildman–Crippen LogP) is 1.89. The molecule has 98 valence electrons. The number of piperidine rings is 1. The highest BCUT2D eigenvalue weighted by Gasteiger charge is 2.29. The van der Waals surface area contributed by atoms with E-state index < -0.39 is 0 Å². The summed E-state index contributed by atoms with van der Waals surface area (Å²) >= 11 is 5.73. The molecule has 0 bridgehead atoms. The third-order valence-corrected chi connectivity index (χ3v) is 4.26. The summed E-state index contributed by atoms with van der Waals surface area (Å²) < 4.78 is 0. The first-order valence-corrected chi connectivity index (χ1v) is 7.26. The lowest BCUT2D eigenvalue weighted by molar-refractivity contribution is 0.133. The van der Waals surface area contributed by atoms with Crippen LogP contribution in [0.2, 0.25) is 0 Å². The summed E-state index contributed by atoms with van der Waals surface area (Å²) in [5.74, 6) is 1.43. The minimum absolute atomic E-state index is 0.434. The Labute approximate surface area is 113 Å². The van der Waals surface area contributed by atoms with E-state index in [-0.39, 0.29) is 0 Å². The van der Waals surface area contributed by atoms with Gasteiger partial charge in [0.15, 0.2) is 0 Å². The standard InChI is InChI=1S/C13H19ClN4/c14-7-11-8-16-13(9-15-11)18-6-5-17-4-2-1-3-12(17)10-18/h8-9,12H,1-7,10H2. The van der Waals surface area contributed by atoms with Crippen molar-refractivity contribution in [2.45, 2.75) is 31.2 Å². The molecule has 0 spiro atoms. The number of aromatic nitrogens is 2. The van der Waals surface area contributed by atoms with E-state index in [1.807, 2.05) is 6.20 Å². The van der Waals surface area contributed by atoms with Crippen LogP contribution in [0.25, 0.3) is 0 Å². The molecule has 5 heteroatoms. The van der Waals surface area contributed by atoms with E-state index in [1.165, 1.54) is 25.8 Å².